The van der Waals surface area contributed by atoms with Gasteiger partial charge >= 0.3 is 0 Å². The van der Waals surface area contributed by atoms with Crippen LogP contribution in [0.2, 0.25) is 0 Å². The normalized spacial score (nSPS) is 16.8. The van der Waals surface area contributed by atoms with Crippen LogP contribution in [0.25, 0.3) is 11.0 Å². The Balaban J connectivity index is 1.38. The van der Waals surface area contributed by atoms with Crippen LogP contribution in [0.1, 0.15) is 12.8 Å². The van der Waals surface area contributed by atoms with Gasteiger partial charge in [0.1, 0.15) is 5.82 Å². The van der Waals surface area contributed by atoms with E-state index in [1.165, 1.54) is 12.8 Å². The van der Waals surface area contributed by atoms with Crippen molar-refractivity contribution in [2.75, 3.05) is 48.9 Å². The molecule has 0 atom stereocenters. The number of aromatic nitrogens is 4. The molecule has 1 aromatic carbocycles. The van der Waals surface area contributed by atoms with Crippen molar-refractivity contribution in [1.29, 1.82) is 0 Å². The Labute approximate surface area is 177 Å². The summed E-state index contributed by atoms with van der Waals surface area (Å²) in [5, 5.41) is 15.4. The smallest absolute Gasteiger partial charge is 0.231 e. The van der Waals surface area contributed by atoms with Crippen molar-refractivity contribution >= 4 is 46.2 Å². The molecule has 5 rings (SSSR count). The van der Waals surface area contributed by atoms with E-state index in [9.17, 15) is 0 Å². The predicted molar refractivity (Wildman–Crippen MR) is 115 cm³/mol. The molecule has 3 heterocycles. The molecule has 0 bridgehead atoms. The number of hydrogen-bond acceptors (Lipinski definition) is 10. The zero-order valence-electron chi connectivity index (χ0n) is 16.6. The van der Waals surface area contributed by atoms with Gasteiger partial charge in [0.25, 0.3) is 0 Å². The number of nitrogens with zero attached hydrogens (tertiary/aromatic N) is 4. The van der Waals surface area contributed by atoms with Gasteiger partial charge in [-0.3, -0.25) is 5.10 Å². The highest BCUT2D eigenvalue weighted by Crippen LogP contribution is 2.34. The molecule has 158 valence electrons. The summed E-state index contributed by atoms with van der Waals surface area (Å²) in [6, 6.07) is 8.70. The fourth-order valence-electron chi connectivity index (χ4n) is 3.32. The molecule has 1 saturated carbocycles. The second kappa shape index (κ2) is 8.64. The molecule has 1 saturated heterocycles. The van der Waals surface area contributed by atoms with Crippen LogP contribution in [0.15, 0.2) is 29.3 Å². The Hall–Kier alpha value is -2.60. The highest BCUT2D eigenvalue weighted by Gasteiger charge is 2.25. The summed E-state index contributed by atoms with van der Waals surface area (Å²) in [5.41, 5.74) is 2.73. The van der Waals surface area contributed by atoms with Crippen molar-refractivity contribution in [3.05, 3.63) is 24.3 Å². The van der Waals surface area contributed by atoms with Gasteiger partial charge in [0.2, 0.25) is 5.95 Å². The molecular weight excluding hydrogens is 406 g/mol. The van der Waals surface area contributed by atoms with E-state index in [0.29, 0.717) is 22.7 Å². The molecule has 0 unspecified atom stereocenters. The summed E-state index contributed by atoms with van der Waals surface area (Å²) in [7, 11) is 1.45. The molecule has 11 heteroatoms. The molecule has 0 radical (unpaired) electrons. The summed E-state index contributed by atoms with van der Waals surface area (Å²) >= 11 is 1.02. The van der Waals surface area contributed by atoms with E-state index in [0.717, 1.165) is 68.1 Å². The third-order valence-electron chi connectivity index (χ3n) is 4.99. The maximum atomic E-state index is 5.42. The second-order valence-electron chi connectivity index (χ2n) is 7.16. The lowest BCUT2D eigenvalue weighted by Gasteiger charge is -2.28. The molecule has 2 fully saturated rings. The van der Waals surface area contributed by atoms with Crippen molar-refractivity contribution in [3.8, 4) is 0 Å². The number of benzene rings is 1. The SMILES string of the molecule is COOSc1n[nH]c2nc(Nc3ccc(N4CCOCC4)cc3)nc(NC3CC3)c12. The molecular formula is C19H23N7O3S. The van der Waals surface area contributed by atoms with Crippen LogP contribution in [0.5, 0.6) is 0 Å². The number of anilines is 4. The Bertz CT molecular complexity index is 1000. The van der Waals surface area contributed by atoms with Gasteiger partial charge in [-0.1, -0.05) is 0 Å². The van der Waals surface area contributed by atoms with Crippen LogP contribution in [0, 0.1) is 0 Å². The Morgan fingerprint density at radius 2 is 1.97 bits per heavy atom. The number of rotatable bonds is 8. The summed E-state index contributed by atoms with van der Waals surface area (Å²) in [4.78, 5) is 16.3. The van der Waals surface area contributed by atoms with Crippen molar-refractivity contribution in [2.24, 2.45) is 0 Å². The number of morpholine rings is 1. The van der Waals surface area contributed by atoms with E-state index in [-0.39, 0.29) is 0 Å². The van der Waals surface area contributed by atoms with E-state index in [1.807, 2.05) is 12.1 Å². The van der Waals surface area contributed by atoms with Gasteiger partial charge in [0.05, 0.1) is 37.8 Å². The highest BCUT2D eigenvalue weighted by atomic mass is 32.2. The van der Waals surface area contributed by atoms with E-state index in [1.54, 1.807) is 0 Å². The number of nitrogens with one attached hydrogen (secondary N) is 3. The average molecular weight is 430 g/mol. The van der Waals surface area contributed by atoms with Crippen molar-refractivity contribution in [3.63, 3.8) is 0 Å². The van der Waals surface area contributed by atoms with Crippen molar-refractivity contribution in [1.82, 2.24) is 20.2 Å². The fraction of sp³-hybridized carbons (Fsp3) is 0.421. The molecule has 2 aliphatic rings. The van der Waals surface area contributed by atoms with Gasteiger partial charge in [-0.25, -0.2) is 4.89 Å². The van der Waals surface area contributed by atoms with Gasteiger partial charge in [-0.15, -0.1) is 0 Å². The summed E-state index contributed by atoms with van der Waals surface area (Å²) in [5.74, 6) is 1.23. The minimum absolute atomic E-state index is 0.430. The Kier molecular flexibility index (Phi) is 5.58. The topological polar surface area (TPSA) is 109 Å². The van der Waals surface area contributed by atoms with Crippen LogP contribution in [0.3, 0.4) is 0 Å². The van der Waals surface area contributed by atoms with Crippen LogP contribution in [-0.2, 0) is 14.0 Å². The molecule has 1 aliphatic heterocycles. The van der Waals surface area contributed by atoms with Gasteiger partial charge < -0.3 is 20.3 Å². The van der Waals surface area contributed by atoms with Crippen molar-refractivity contribution < 1.29 is 14.0 Å². The lowest BCUT2D eigenvalue weighted by atomic mass is 10.2. The van der Waals surface area contributed by atoms with E-state index < -0.39 is 0 Å². The van der Waals surface area contributed by atoms with E-state index in [2.05, 4.69) is 47.7 Å². The summed E-state index contributed by atoms with van der Waals surface area (Å²) in [6.07, 6.45) is 2.26. The minimum atomic E-state index is 0.430. The first-order valence-electron chi connectivity index (χ1n) is 9.90. The van der Waals surface area contributed by atoms with E-state index in [4.69, 9.17) is 14.1 Å². The van der Waals surface area contributed by atoms with E-state index >= 15 is 0 Å². The minimum Gasteiger partial charge on any atom is -0.378 e. The lowest BCUT2D eigenvalue weighted by molar-refractivity contribution is -0.160. The van der Waals surface area contributed by atoms with Crippen LogP contribution in [0.4, 0.5) is 23.1 Å². The molecule has 3 aromatic rings. The molecule has 10 nitrogen and oxygen atoms in total. The molecule has 1 aliphatic carbocycles. The van der Waals surface area contributed by atoms with Crippen molar-refractivity contribution in [2.45, 2.75) is 23.9 Å². The number of fused-ring (bicyclic) bond motifs is 1. The van der Waals surface area contributed by atoms with Gasteiger partial charge in [-0.2, -0.15) is 19.4 Å². The lowest BCUT2D eigenvalue weighted by Crippen LogP contribution is -2.36. The average Bonchev–Trinajstić information content (AvgIpc) is 3.50. The zero-order valence-corrected chi connectivity index (χ0v) is 17.4. The maximum absolute atomic E-state index is 5.42. The van der Waals surface area contributed by atoms with Gasteiger partial charge in [0, 0.05) is 30.5 Å². The highest BCUT2D eigenvalue weighted by molar-refractivity contribution is 7.94. The fourth-order valence-corrected chi connectivity index (χ4v) is 3.81. The number of aromatic amines is 1. The number of ether oxygens (including phenoxy) is 1. The molecule has 30 heavy (non-hydrogen) atoms. The number of hydrogen-bond donors (Lipinski definition) is 3. The largest absolute Gasteiger partial charge is 0.378 e. The Morgan fingerprint density at radius 1 is 1.17 bits per heavy atom. The number of H-pyrrole nitrogens is 1. The summed E-state index contributed by atoms with van der Waals surface area (Å²) < 4.78 is 10.4. The second-order valence-corrected chi connectivity index (χ2v) is 7.85. The van der Waals surface area contributed by atoms with Gasteiger partial charge in [-0.05, 0) is 37.1 Å². The first-order valence-corrected chi connectivity index (χ1v) is 10.6. The monoisotopic (exact) mass is 429 g/mol. The maximum Gasteiger partial charge on any atom is 0.231 e. The third kappa shape index (κ3) is 4.29. The quantitative estimate of drug-likeness (QED) is 0.281. The molecule has 2 aromatic heterocycles. The van der Waals surface area contributed by atoms with Crippen LogP contribution < -0.4 is 15.5 Å². The zero-order chi connectivity index (χ0) is 20.3. The van der Waals surface area contributed by atoms with Crippen LogP contribution in [-0.4, -0.2) is 59.6 Å². The standard InChI is InChI=1S/C19H23N7O3S/c1-27-29-30-18-15-16(20-12-2-3-12)22-19(23-17(15)24-25-18)21-13-4-6-14(7-5-13)26-8-10-28-11-9-26/h4-7,12H,2-3,8-11H2,1H3,(H3,20,21,22,23,24,25). The first kappa shape index (κ1) is 19.4. The molecule has 0 spiro atoms. The third-order valence-corrected chi connectivity index (χ3v) is 5.64. The predicted octanol–water partition coefficient (Wildman–Crippen LogP) is 3.09. The molecule has 3 N–H and O–H groups in total. The van der Waals surface area contributed by atoms with Gasteiger partial charge in [0.15, 0.2) is 10.7 Å². The summed E-state index contributed by atoms with van der Waals surface area (Å²) in [6.45, 7) is 3.36. The Morgan fingerprint density at radius 3 is 2.70 bits per heavy atom. The molecule has 0 amide bonds. The first-order chi connectivity index (χ1) is 14.8. The van der Waals surface area contributed by atoms with Crippen LogP contribution >= 0.6 is 12.0 Å².